The minimum absolute atomic E-state index is 0.357. The van der Waals surface area contributed by atoms with E-state index in [1.807, 2.05) is 84.9 Å². The van der Waals surface area contributed by atoms with E-state index >= 15 is 0 Å². The van der Waals surface area contributed by atoms with Gasteiger partial charge >= 0.3 is 5.97 Å². The van der Waals surface area contributed by atoms with Crippen LogP contribution in [0.1, 0.15) is 30.2 Å². The van der Waals surface area contributed by atoms with Gasteiger partial charge in [0.15, 0.2) is 6.10 Å². The first-order chi connectivity index (χ1) is 14.6. The predicted molar refractivity (Wildman–Crippen MR) is 121 cm³/mol. The summed E-state index contributed by atoms with van der Waals surface area (Å²) in [4.78, 5) is 26.5. The lowest BCUT2D eigenvalue weighted by Gasteiger charge is -2.19. The lowest BCUT2D eigenvalue weighted by atomic mass is 10.1. The topological polar surface area (TPSA) is 55.4 Å². The van der Waals surface area contributed by atoms with Crippen LogP contribution in [0.15, 0.2) is 89.8 Å². The highest BCUT2D eigenvalue weighted by molar-refractivity contribution is 8.00. The van der Waals surface area contributed by atoms with Gasteiger partial charge in [0.25, 0.3) is 5.91 Å². The van der Waals surface area contributed by atoms with Gasteiger partial charge in [-0.15, -0.1) is 11.8 Å². The van der Waals surface area contributed by atoms with E-state index in [1.54, 1.807) is 6.92 Å². The number of rotatable bonds is 8. The van der Waals surface area contributed by atoms with Crippen LogP contribution in [0.4, 0.5) is 5.69 Å². The van der Waals surface area contributed by atoms with Gasteiger partial charge in [0.05, 0.1) is 0 Å². The number of thioether (sulfide) groups is 1. The maximum absolute atomic E-state index is 13.0. The summed E-state index contributed by atoms with van der Waals surface area (Å²) in [6.45, 7) is 3.66. The van der Waals surface area contributed by atoms with Crippen molar-refractivity contribution in [3.8, 4) is 0 Å². The van der Waals surface area contributed by atoms with E-state index in [0.29, 0.717) is 5.69 Å². The van der Waals surface area contributed by atoms with Crippen LogP contribution < -0.4 is 5.32 Å². The number of benzene rings is 3. The highest BCUT2D eigenvalue weighted by Crippen LogP contribution is 2.36. The van der Waals surface area contributed by atoms with Crippen LogP contribution in [0, 0.1) is 0 Å². The smallest absolute Gasteiger partial charge is 0.324 e. The Kier molecular flexibility index (Phi) is 7.69. The maximum Gasteiger partial charge on any atom is 0.324 e. The Bertz CT molecular complexity index is 959. The van der Waals surface area contributed by atoms with Crippen molar-refractivity contribution in [1.29, 1.82) is 0 Å². The Hall–Kier alpha value is -3.05. The fourth-order valence-corrected chi connectivity index (χ4v) is 3.90. The first kappa shape index (κ1) is 21.7. The molecule has 4 nitrogen and oxygen atoms in total. The number of carbonyl (C=O) groups excluding carboxylic acids is 2. The van der Waals surface area contributed by atoms with E-state index < -0.39 is 17.3 Å². The fraction of sp³-hybridized carbons (Fsp3) is 0.200. The van der Waals surface area contributed by atoms with Crippen LogP contribution >= 0.6 is 11.8 Å². The molecule has 3 aromatic rings. The van der Waals surface area contributed by atoms with Crippen molar-refractivity contribution in [3.05, 3.63) is 96.1 Å². The van der Waals surface area contributed by atoms with Crippen molar-refractivity contribution in [3.63, 3.8) is 0 Å². The summed E-state index contributed by atoms with van der Waals surface area (Å²) >= 11 is 1.41. The highest BCUT2D eigenvalue weighted by Gasteiger charge is 2.27. The van der Waals surface area contributed by atoms with Crippen LogP contribution in [-0.4, -0.2) is 18.0 Å². The molecule has 3 aromatic carbocycles. The molecule has 2 atom stereocenters. The van der Waals surface area contributed by atoms with Crippen LogP contribution in [0.25, 0.3) is 0 Å². The SMILES string of the molecule is CCc1ccc(NC(=O)[C@@H](C)OC(=O)[C@@H](Sc2ccccc2)c2ccccc2)cc1. The molecular weight excluding hydrogens is 394 g/mol. The number of aryl methyl sites for hydroxylation is 1. The lowest BCUT2D eigenvalue weighted by molar-refractivity contribution is -0.152. The van der Waals surface area contributed by atoms with E-state index in [4.69, 9.17) is 4.74 Å². The molecule has 154 valence electrons. The summed E-state index contributed by atoms with van der Waals surface area (Å²) in [6.07, 6.45) is 0.0216. The Balaban J connectivity index is 1.68. The fourth-order valence-electron chi connectivity index (χ4n) is 2.87. The van der Waals surface area contributed by atoms with E-state index in [1.165, 1.54) is 17.3 Å². The monoisotopic (exact) mass is 419 g/mol. The third kappa shape index (κ3) is 5.97. The van der Waals surface area contributed by atoms with Gasteiger partial charge in [-0.2, -0.15) is 0 Å². The second-order valence-corrected chi connectivity index (χ2v) is 8.02. The van der Waals surface area contributed by atoms with Crippen LogP contribution in [0.3, 0.4) is 0 Å². The normalized spacial score (nSPS) is 12.6. The first-order valence-corrected chi connectivity index (χ1v) is 10.8. The number of ether oxygens (including phenoxy) is 1. The van der Waals surface area contributed by atoms with E-state index in [2.05, 4.69) is 12.2 Å². The summed E-state index contributed by atoms with van der Waals surface area (Å²) in [5, 5.41) is 2.24. The van der Waals surface area contributed by atoms with Gasteiger partial charge in [-0.05, 0) is 48.7 Å². The van der Waals surface area contributed by atoms with Gasteiger partial charge in [0.1, 0.15) is 5.25 Å². The van der Waals surface area contributed by atoms with Crippen molar-refractivity contribution in [1.82, 2.24) is 0 Å². The molecule has 0 aliphatic rings. The van der Waals surface area contributed by atoms with Gasteiger partial charge in [-0.3, -0.25) is 9.59 Å². The minimum Gasteiger partial charge on any atom is -0.451 e. The third-order valence-corrected chi connectivity index (χ3v) is 5.85. The van der Waals surface area contributed by atoms with Gasteiger partial charge < -0.3 is 10.1 Å². The first-order valence-electron chi connectivity index (χ1n) is 9.93. The molecule has 0 heterocycles. The molecule has 0 bridgehead atoms. The molecule has 0 saturated carbocycles. The molecule has 0 fully saturated rings. The number of esters is 1. The van der Waals surface area contributed by atoms with Crippen molar-refractivity contribution >= 4 is 29.3 Å². The zero-order chi connectivity index (χ0) is 21.3. The number of carbonyl (C=O) groups is 2. The molecule has 0 saturated heterocycles. The molecule has 1 N–H and O–H groups in total. The van der Waals surface area contributed by atoms with Crippen molar-refractivity contribution in [2.24, 2.45) is 0 Å². The van der Waals surface area contributed by atoms with Gasteiger partial charge in [-0.25, -0.2) is 0 Å². The number of nitrogens with one attached hydrogen (secondary N) is 1. The Morgan fingerprint density at radius 2 is 1.50 bits per heavy atom. The zero-order valence-electron chi connectivity index (χ0n) is 17.1. The molecule has 0 spiro atoms. The summed E-state index contributed by atoms with van der Waals surface area (Å²) in [6, 6.07) is 26.8. The van der Waals surface area contributed by atoms with Gasteiger partial charge in [-0.1, -0.05) is 67.6 Å². The van der Waals surface area contributed by atoms with Gasteiger partial charge in [0, 0.05) is 10.6 Å². The summed E-state index contributed by atoms with van der Waals surface area (Å²) < 4.78 is 5.55. The average Bonchev–Trinajstić information content (AvgIpc) is 2.79. The summed E-state index contributed by atoms with van der Waals surface area (Å²) in [5.74, 6) is -0.803. The lowest BCUT2D eigenvalue weighted by Crippen LogP contribution is -2.31. The van der Waals surface area contributed by atoms with Crippen LogP contribution in [0.5, 0.6) is 0 Å². The van der Waals surface area contributed by atoms with Crippen LogP contribution in [-0.2, 0) is 20.7 Å². The van der Waals surface area contributed by atoms with E-state index in [0.717, 1.165) is 16.9 Å². The molecule has 5 heteroatoms. The number of hydrogen-bond acceptors (Lipinski definition) is 4. The molecule has 0 unspecified atom stereocenters. The zero-order valence-corrected chi connectivity index (χ0v) is 17.9. The Morgan fingerprint density at radius 1 is 0.900 bits per heavy atom. The molecule has 1 amide bonds. The molecule has 0 aliphatic carbocycles. The molecule has 0 radical (unpaired) electrons. The molecule has 0 aromatic heterocycles. The number of amides is 1. The number of hydrogen-bond donors (Lipinski definition) is 1. The second-order valence-electron chi connectivity index (χ2n) is 6.84. The molecule has 0 aliphatic heterocycles. The Labute approximate surface area is 181 Å². The summed E-state index contributed by atoms with van der Waals surface area (Å²) in [5.41, 5.74) is 2.70. The molecule has 3 rings (SSSR count). The van der Waals surface area contributed by atoms with Crippen molar-refractivity contribution < 1.29 is 14.3 Å². The minimum atomic E-state index is -0.911. The molecular formula is C25H25NO3S. The van der Waals surface area contributed by atoms with Crippen LogP contribution in [0.2, 0.25) is 0 Å². The Morgan fingerprint density at radius 3 is 2.10 bits per heavy atom. The van der Waals surface area contributed by atoms with E-state index in [-0.39, 0.29) is 5.91 Å². The predicted octanol–water partition coefficient (Wildman–Crippen LogP) is 5.65. The summed E-state index contributed by atoms with van der Waals surface area (Å²) in [7, 11) is 0. The van der Waals surface area contributed by atoms with E-state index in [9.17, 15) is 9.59 Å². The van der Waals surface area contributed by atoms with Gasteiger partial charge in [0.2, 0.25) is 0 Å². The van der Waals surface area contributed by atoms with Crippen molar-refractivity contribution in [2.45, 2.75) is 36.5 Å². The second kappa shape index (κ2) is 10.6. The highest BCUT2D eigenvalue weighted by atomic mass is 32.2. The largest absolute Gasteiger partial charge is 0.451 e. The average molecular weight is 420 g/mol. The quantitative estimate of drug-likeness (QED) is 0.378. The third-order valence-electron chi connectivity index (χ3n) is 4.61. The standard InChI is InChI=1S/C25H25NO3S/c1-3-19-14-16-21(17-15-19)26-24(27)18(2)29-25(28)23(20-10-6-4-7-11-20)30-22-12-8-5-9-13-22/h4-18,23H,3H2,1-2H3,(H,26,27)/t18-,23+/m1/s1. The maximum atomic E-state index is 13.0. The van der Waals surface area contributed by atoms with Crippen molar-refractivity contribution in [2.75, 3.05) is 5.32 Å². The number of anilines is 1. The molecule has 30 heavy (non-hydrogen) atoms.